The van der Waals surface area contributed by atoms with E-state index in [0.29, 0.717) is 21.3 Å². The highest BCUT2D eigenvalue weighted by molar-refractivity contribution is 7.18. The number of para-hydroxylation sites is 1. The Morgan fingerprint density at radius 2 is 1.90 bits per heavy atom. The topological polar surface area (TPSA) is 97.6 Å². The van der Waals surface area contributed by atoms with E-state index in [1.54, 1.807) is 43.3 Å². The lowest BCUT2D eigenvalue weighted by Gasteiger charge is -2.14. The van der Waals surface area contributed by atoms with Crippen molar-refractivity contribution in [1.29, 1.82) is 0 Å². The van der Waals surface area contributed by atoms with Crippen LogP contribution in [0.1, 0.15) is 32.7 Å². The summed E-state index contributed by atoms with van der Waals surface area (Å²) in [6.45, 7) is 3.18. The lowest BCUT2D eigenvalue weighted by atomic mass is 10.2. The minimum atomic E-state index is -1.04. The summed E-state index contributed by atoms with van der Waals surface area (Å²) in [4.78, 5) is 37.1. The minimum absolute atomic E-state index is 0.157. The molecule has 0 saturated heterocycles. The Morgan fingerprint density at radius 1 is 1.14 bits per heavy atom. The van der Waals surface area contributed by atoms with Crippen LogP contribution in [0.25, 0.3) is 0 Å². The predicted molar refractivity (Wildman–Crippen MR) is 111 cm³/mol. The first-order valence-electron chi connectivity index (χ1n) is 8.57. The normalized spacial score (nSPS) is 11.6. The molecule has 0 bridgehead atoms. The lowest BCUT2D eigenvalue weighted by Crippen LogP contribution is -2.30. The molecule has 1 aromatic carbocycles. The summed E-state index contributed by atoms with van der Waals surface area (Å²) in [5, 5.41) is 6.12. The second kappa shape index (κ2) is 8.93. The number of amides is 2. The van der Waals surface area contributed by atoms with Gasteiger partial charge in [0.25, 0.3) is 11.8 Å². The fourth-order valence-corrected chi connectivity index (χ4v) is 3.53. The molecule has 2 aromatic heterocycles. The number of benzene rings is 1. The monoisotopic (exact) mass is 432 g/mol. The van der Waals surface area contributed by atoms with Crippen LogP contribution >= 0.6 is 22.9 Å². The fourth-order valence-electron chi connectivity index (χ4n) is 2.39. The van der Waals surface area contributed by atoms with Crippen LogP contribution in [-0.4, -0.2) is 23.9 Å². The molecule has 1 unspecified atom stereocenters. The molecule has 150 valence electrons. The van der Waals surface area contributed by atoms with Crippen molar-refractivity contribution in [1.82, 2.24) is 0 Å². The van der Waals surface area contributed by atoms with E-state index in [1.807, 2.05) is 0 Å². The number of aryl methyl sites for hydroxylation is 1. The Bertz CT molecular complexity index is 1050. The number of anilines is 2. The van der Waals surface area contributed by atoms with Gasteiger partial charge in [0.15, 0.2) is 11.9 Å². The molecule has 0 aliphatic heterocycles. The Morgan fingerprint density at radius 3 is 2.59 bits per heavy atom. The zero-order chi connectivity index (χ0) is 21.0. The summed E-state index contributed by atoms with van der Waals surface area (Å²) in [5.74, 6) is -1.44. The first kappa shape index (κ1) is 20.6. The van der Waals surface area contributed by atoms with E-state index in [0.717, 1.165) is 11.3 Å². The van der Waals surface area contributed by atoms with Crippen molar-refractivity contribution in [2.45, 2.75) is 20.0 Å². The van der Waals surface area contributed by atoms with Crippen LogP contribution in [-0.2, 0) is 9.53 Å². The molecule has 0 saturated carbocycles. The highest BCUT2D eigenvalue weighted by atomic mass is 35.5. The summed E-state index contributed by atoms with van der Waals surface area (Å²) >= 11 is 7.07. The van der Waals surface area contributed by atoms with Gasteiger partial charge in [0.05, 0.1) is 22.0 Å². The highest BCUT2D eigenvalue weighted by Crippen LogP contribution is 2.28. The van der Waals surface area contributed by atoms with E-state index in [2.05, 4.69) is 10.6 Å². The predicted octanol–water partition coefficient (Wildman–Crippen LogP) is 4.74. The quantitative estimate of drug-likeness (QED) is 0.548. The maximum absolute atomic E-state index is 12.5. The number of halogens is 1. The van der Waals surface area contributed by atoms with Crippen molar-refractivity contribution in [3.05, 3.63) is 70.0 Å². The zero-order valence-electron chi connectivity index (χ0n) is 15.5. The minimum Gasteiger partial charge on any atom is -0.459 e. The lowest BCUT2D eigenvalue weighted by molar-refractivity contribution is -0.123. The maximum atomic E-state index is 12.5. The Balaban J connectivity index is 1.62. The summed E-state index contributed by atoms with van der Waals surface area (Å²) in [5.41, 5.74) is 1.05. The zero-order valence-corrected chi connectivity index (χ0v) is 17.1. The van der Waals surface area contributed by atoms with Crippen LogP contribution in [0.5, 0.6) is 0 Å². The van der Waals surface area contributed by atoms with Crippen molar-refractivity contribution in [2.75, 3.05) is 10.6 Å². The van der Waals surface area contributed by atoms with E-state index < -0.39 is 23.9 Å². The van der Waals surface area contributed by atoms with Crippen molar-refractivity contribution in [3.8, 4) is 0 Å². The third kappa shape index (κ3) is 5.04. The Labute approximate surface area is 175 Å². The van der Waals surface area contributed by atoms with Gasteiger partial charge in [-0.1, -0.05) is 23.7 Å². The SMILES string of the molecule is Cc1cc(NC(=O)c2ccco2)sc1C(=O)OC(C)C(=O)Nc1ccccc1Cl. The molecule has 3 rings (SSSR count). The van der Waals surface area contributed by atoms with Crippen LogP contribution in [0.2, 0.25) is 5.02 Å². The highest BCUT2D eigenvalue weighted by Gasteiger charge is 2.23. The van der Waals surface area contributed by atoms with E-state index >= 15 is 0 Å². The third-order valence-electron chi connectivity index (χ3n) is 3.87. The van der Waals surface area contributed by atoms with Gasteiger partial charge >= 0.3 is 5.97 Å². The second-order valence-electron chi connectivity index (χ2n) is 6.07. The van der Waals surface area contributed by atoms with E-state index in [9.17, 15) is 14.4 Å². The van der Waals surface area contributed by atoms with Gasteiger partial charge in [-0.2, -0.15) is 0 Å². The van der Waals surface area contributed by atoms with E-state index in [1.165, 1.54) is 19.3 Å². The van der Waals surface area contributed by atoms with Crippen LogP contribution in [0.4, 0.5) is 10.7 Å². The summed E-state index contributed by atoms with van der Waals surface area (Å²) in [6, 6.07) is 11.5. The molecule has 1 atom stereocenters. The molecule has 29 heavy (non-hydrogen) atoms. The smallest absolute Gasteiger partial charge is 0.349 e. The fraction of sp³-hybridized carbons (Fsp3) is 0.150. The van der Waals surface area contributed by atoms with Gasteiger partial charge in [-0.15, -0.1) is 11.3 Å². The average Bonchev–Trinajstić information content (AvgIpc) is 3.33. The van der Waals surface area contributed by atoms with E-state index in [4.69, 9.17) is 20.8 Å². The molecule has 0 fully saturated rings. The maximum Gasteiger partial charge on any atom is 0.349 e. The van der Waals surface area contributed by atoms with Crippen LogP contribution < -0.4 is 10.6 Å². The van der Waals surface area contributed by atoms with Crippen LogP contribution in [0.3, 0.4) is 0 Å². The number of ether oxygens (including phenoxy) is 1. The Kier molecular flexibility index (Phi) is 6.36. The second-order valence-corrected chi connectivity index (χ2v) is 7.53. The van der Waals surface area contributed by atoms with E-state index in [-0.39, 0.29) is 10.6 Å². The number of hydrogen-bond acceptors (Lipinski definition) is 6. The first-order valence-corrected chi connectivity index (χ1v) is 9.76. The molecular weight excluding hydrogens is 416 g/mol. The molecular formula is C20H17ClN2O5S. The van der Waals surface area contributed by atoms with Gasteiger partial charge in [0.1, 0.15) is 4.88 Å². The molecule has 7 nitrogen and oxygen atoms in total. The van der Waals surface area contributed by atoms with Crippen molar-refractivity contribution >= 4 is 51.4 Å². The molecule has 0 aliphatic carbocycles. The Hall–Kier alpha value is -3.10. The molecule has 0 radical (unpaired) electrons. The number of esters is 1. The van der Waals surface area contributed by atoms with Crippen LogP contribution in [0, 0.1) is 6.92 Å². The van der Waals surface area contributed by atoms with Gasteiger partial charge in [0.2, 0.25) is 0 Å². The van der Waals surface area contributed by atoms with Gasteiger partial charge in [0, 0.05) is 0 Å². The molecule has 0 aliphatic rings. The average molecular weight is 433 g/mol. The third-order valence-corrected chi connectivity index (χ3v) is 5.33. The number of furan rings is 1. The number of hydrogen-bond donors (Lipinski definition) is 2. The number of thiophene rings is 1. The first-order chi connectivity index (χ1) is 13.8. The summed E-state index contributed by atoms with van der Waals surface area (Å²) in [6.07, 6.45) is 0.355. The van der Waals surface area contributed by atoms with Crippen molar-refractivity contribution in [2.24, 2.45) is 0 Å². The largest absolute Gasteiger partial charge is 0.459 e. The molecule has 2 amide bonds. The molecule has 3 aromatic rings. The molecule has 2 N–H and O–H groups in total. The van der Waals surface area contributed by atoms with Crippen LogP contribution in [0.15, 0.2) is 53.1 Å². The van der Waals surface area contributed by atoms with Gasteiger partial charge in [-0.05, 0) is 49.7 Å². The molecule has 2 heterocycles. The number of carbonyl (C=O) groups excluding carboxylic acids is 3. The molecule has 9 heteroatoms. The van der Waals surface area contributed by atoms with Crippen molar-refractivity contribution < 1.29 is 23.5 Å². The van der Waals surface area contributed by atoms with Gasteiger partial charge in [-0.25, -0.2) is 4.79 Å². The summed E-state index contributed by atoms with van der Waals surface area (Å²) < 4.78 is 10.3. The standard InChI is InChI=1S/C20H17ClN2O5S/c1-11-10-16(23-19(25)15-8-5-9-27-15)29-17(11)20(26)28-12(2)18(24)22-14-7-4-3-6-13(14)21/h3-10,12H,1-2H3,(H,22,24)(H,23,25). The van der Waals surface area contributed by atoms with Crippen molar-refractivity contribution in [3.63, 3.8) is 0 Å². The van der Waals surface area contributed by atoms with Gasteiger partial charge < -0.3 is 19.8 Å². The number of rotatable bonds is 6. The summed E-state index contributed by atoms with van der Waals surface area (Å²) in [7, 11) is 0. The molecule has 0 spiro atoms. The number of nitrogens with one attached hydrogen (secondary N) is 2. The van der Waals surface area contributed by atoms with Gasteiger partial charge in [-0.3, -0.25) is 9.59 Å². The number of carbonyl (C=O) groups is 3.